The maximum atomic E-state index is 11.8. The first-order valence-electron chi connectivity index (χ1n) is 4.33. The van der Waals surface area contributed by atoms with Crippen molar-refractivity contribution in [1.29, 1.82) is 0 Å². The zero-order valence-electron chi connectivity index (χ0n) is 8.85. The van der Waals surface area contributed by atoms with Crippen LogP contribution in [0.25, 0.3) is 0 Å². The van der Waals surface area contributed by atoms with Crippen LogP contribution in [0, 0.1) is 0 Å². The van der Waals surface area contributed by atoms with E-state index in [-0.39, 0.29) is 10.6 Å². The fourth-order valence-corrected chi connectivity index (χ4v) is 2.13. The van der Waals surface area contributed by atoms with Gasteiger partial charge < -0.3 is 10.4 Å². The third-order valence-electron chi connectivity index (χ3n) is 2.03. The largest absolute Gasteiger partial charge is 0.504 e. The Balaban J connectivity index is 3.40. The van der Waals surface area contributed by atoms with Crippen molar-refractivity contribution in [2.45, 2.75) is 4.90 Å². The highest BCUT2D eigenvalue weighted by Gasteiger charge is 2.22. The number of para-hydroxylation sites is 1. The lowest BCUT2D eigenvalue weighted by Gasteiger charge is -2.14. The van der Waals surface area contributed by atoms with Crippen LogP contribution in [0.2, 0.25) is 0 Å². The highest BCUT2D eigenvalue weighted by Crippen LogP contribution is 2.31. The van der Waals surface area contributed by atoms with Crippen molar-refractivity contribution in [3.63, 3.8) is 0 Å². The van der Waals surface area contributed by atoms with Gasteiger partial charge in [-0.1, -0.05) is 6.07 Å². The molecule has 0 atom stereocenters. The summed E-state index contributed by atoms with van der Waals surface area (Å²) in [5, 5.41) is 12.4. The summed E-state index contributed by atoms with van der Waals surface area (Å²) in [7, 11) is 0.850. The molecule has 2 N–H and O–H groups in total. The minimum absolute atomic E-state index is 0.0978. The normalized spacial score (nSPS) is 11.7. The van der Waals surface area contributed by atoms with Crippen molar-refractivity contribution in [1.82, 2.24) is 4.31 Å². The van der Waals surface area contributed by atoms with Crippen molar-refractivity contribution in [2.75, 3.05) is 26.5 Å². The smallest absolute Gasteiger partial charge is 0.246 e. The molecular formula is C9H14N2O3S. The molecule has 0 fully saturated rings. The number of hydrogen-bond donors (Lipinski definition) is 2. The van der Waals surface area contributed by atoms with E-state index in [0.29, 0.717) is 5.69 Å². The van der Waals surface area contributed by atoms with Crippen LogP contribution in [0.1, 0.15) is 0 Å². The lowest BCUT2D eigenvalue weighted by Crippen LogP contribution is -2.22. The molecule has 5 nitrogen and oxygen atoms in total. The molecule has 0 saturated heterocycles. The second kappa shape index (κ2) is 4.08. The molecule has 1 rings (SSSR count). The second-order valence-electron chi connectivity index (χ2n) is 3.19. The van der Waals surface area contributed by atoms with Gasteiger partial charge in [0.15, 0.2) is 5.75 Å². The molecule has 0 amide bonds. The fourth-order valence-electron chi connectivity index (χ4n) is 1.13. The standard InChI is InChI=1S/C9H14N2O3S/c1-10-7-5-4-6-8(9(7)12)15(13,14)11(2)3/h4-6,10,12H,1-3H3. The van der Waals surface area contributed by atoms with Crippen molar-refractivity contribution in [3.8, 4) is 5.75 Å². The number of aromatic hydroxyl groups is 1. The Labute approximate surface area is 89.4 Å². The predicted octanol–water partition coefficient (Wildman–Crippen LogP) is 0.684. The number of nitrogens with one attached hydrogen (secondary N) is 1. The van der Waals surface area contributed by atoms with E-state index in [1.54, 1.807) is 19.2 Å². The van der Waals surface area contributed by atoms with Crippen LogP contribution in [0.4, 0.5) is 5.69 Å². The van der Waals surface area contributed by atoms with E-state index < -0.39 is 10.0 Å². The summed E-state index contributed by atoms with van der Waals surface area (Å²) in [6.07, 6.45) is 0. The quantitative estimate of drug-likeness (QED) is 0.749. The number of phenols is 1. The molecular weight excluding hydrogens is 216 g/mol. The summed E-state index contributed by atoms with van der Waals surface area (Å²) in [6.45, 7) is 0. The number of anilines is 1. The number of sulfonamides is 1. The molecule has 1 aromatic rings. The van der Waals surface area contributed by atoms with Gasteiger partial charge >= 0.3 is 0 Å². The second-order valence-corrected chi connectivity index (χ2v) is 5.31. The Morgan fingerprint density at radius 2 is 1.93 bits per heavy atom. The summed E-state index contributed by atoms with van der Waals surface area (Å²) in [6, 6.07) is 4.54. The van der Waals surface area contributed by atoms with Gasteiger partial charge in [-0.15, -0.1) is 0 Å². The molecule has 6 heteroatoms. The first-order chi connectivity index (χ1) is 6.91. The Morgan fingerprint density at radius 1 is 1.33 bits per heavy atom. The van der Waals surface area contributed by atoms with Crippen LogP contribution < -0.4 is 5.32 Å². The van der Waals surface area contributed by atoms with Crippen molar-refractivity contribution >= 4 is 15.7 Å². The molecule has 0 heterocycles. The minimum Gasteiger partial charge on any atom is -0.504 e. The Kier molecular flexibility index (Phi) is 3.21. The zero-order valence-corrected chi connectivity index (χ0v) is 9.67. The van der Waals surface area contributed by atoms with Crippen LogP contribution in [-0.2, 0) is 10.0 Å². The number of hydrogen-bond acceptors (Lipinski definition) is 4. The summed E-state index contributed by atoms with van der Waals surface area (Å²) < 4.78 is 24.6. The minimum atomic E-state index is -3.60. The molecule has 0 bridgehead atoms. The van der Waals surface area contributed by atoms with Gasteiger partial charge in [0.05, 0.1) is 5.69 Å². The SMILES string of the molecule is CNc1cccc(S(=O)(=O)N(C)C)c1O. The highest BCUT2D eigenvalue weighted by atomic mass is 32.2. The van der Waals surface area contributed by atoms with E-state index >= 15 is 0 Å². The molecule has 0 aliphatic rings. The van der Waals surface area contributed by atoms with Crippen molar-refractivity contribution in [2.24, 2.45) is 0 Å². The van der Waals surface area contributed by atoms with Crippen LogP contribution in [0.15, 0.2) is 23.1 Å². The Hall–Kier alpha value is -1.27. The van der Waals surface area contributed by atoms with E-state index in [2.05, 4.69) is 5.32 Å². The summed E-state index contributed by atoms with van der Waals surface area (Å²) in [5.41, 5.74) is 0.387. The zero-order chi connectivity index (χ0) is 11.6. The van der Waals surface area contributed by atoms with E-state index in [1.165, 1.54) is 20.2 Å². The van der Waals surface area contributed by atoms with Gasteiger partial charge in [-0.2, -0.15) is 0 Å². The number of nitrogens with zero attached hydrogens (tertiary/aromatic N) is 1. The van der Waals surface area contributed by atoms with Crippen LogP contribution in [0.3, 0.4) is 0 Å². The molecule has 1 aromatic carbocycles. The maximum absolute atomic E-state index is 11.8. The Bertz CT molecular complexity index is 454. The topological polar surface area (TPSA) is 69.6 Å². The molecule has 84 valence electrons. The number of phenolic OH excluding ortho intramolecular Hbond substituents is 1. The van der Waals surface area contributed by atoms with Crippen LogP contribution >= 0.6 is 0 Å². The van der Waals surface area contributed by atoms with Gasteiger partial charge in [-0.25, -0.2) is 12.7 Å². The van der Waals surface area contributed by atoms with Gasteiger partial charge in [-0.05, 0) is 12.1 Å². The predicted molar refractivity (Wildman–Crippen MR) is 58.5 cm³/mol. The van der Waals surface area contributed by atoms with Gasteiger partial charge in [-0.3, -0.25) is 0 Å². The van der Waals surface area contributed by atoms with Gasteiger partial charge in [0, 0.05) is 21.1 Å². The van der Waals surface area contributed by atoms with E-state index in [4.69, 9.17) is 0 Å². The van der Waals surface area contributed by atoms with Crippen molar-refractivity contribution in [3.05, 3.63) is 18.2 Å². The molecule has 0 aromatic heterocycles. The molecule has 0 aliphatic heterocycles. The monoisotopic (exact) mass is 230 g/mol. The maximum Gasteiger partial charge on any atom is 0.246 e. The number of benzene rings is 1. The molecule has 0 radical (unpaired) electrons. The molecule has 0 saturated carbocycles. The number of rotatable bonds is 3. The Morgan fingerprint density at radius 3 is 2.40 bits per heavy atom. The first kappa shape index (κ1) is 11.8. The van der Waals surface area contributed by atoms with Crippen LogP contribution in [0.5, 0.6) is 5.75 Å². The average molecular weight is 230 g/mol. The van der Waals surface area contributed by atoms with Gasteiger partial charge in [0.2, 0.25) is 10.0 Å². The third kappa shape index (κ3) is 2.05. The van der Waals surface area contributed by atoms with E-state index in [0.717, 1.165) is 4.31 Å². The van der Waals surface area contributed by atoms with E-state index in [1.807, 2.05) is 0 Å². The molecule has 0 unspecified atom stereocenters. The lowest BCUT2D eigenvalue weighted by atomic mass is 10.3. The van der Waals surface area contributed by atoms with Gasteiger partial charge in [0.25, 0.3) is 0 Å². The first-order valence-corrected chi connectivity index (χ1v) is 5.77. The lowest BCUT2D eigenvalue weighted by molar-refractivity contribution is 0.454. The molecule has 0 aliphatic carbocycles. The molecule has 15 heavy (non-hydrogen) atoms. The van der Waals surface area contributed by atoms with Crippen LogP contribution in [-0.4, -0.2) is 39.0 Å². The third-order valence-corrected chi connectivity index (χ3v) is 3.87. The molecule has 0 spiro atoms. The average Bonchev–Trinajstić information content (AvgIpc) is 2.17. The summed E-state index contributed by atoms with van der Waals surface area (Å²) in [4.78, 5) is -0.0978. The highest BCUT2D eigenvalue weighted by molar-refractivity contribution is 7.89. The van der Waals surface area contributed by atoms with E-state index in [9.17, 15) is 13.5 Å². The summed E-state index contributed by atoms with van der Waals surface area (Å²) in [5.74, 6) is -0.256. The fraction of sp³-hybridized carbons (Fsp3) is 0.333. The van der Waals surface area contributed by atoms with Crippen molar-refractivity contribution < 1.29 is 13.5 Å². The summed E-state index contributed by atoms with van der Waals surface area (Å²) >= 11 is 0. The van der Waals surface area contributed by atoms with Gasteiger partial charge in [0.1, 0.15) is 4.90 Å².